The van der Waals surface area contributed by atoms with Gasteiger partial charge in [0.25, 0.3) is 5.91 Å². The summed E-state index contributed by atoms with van der Waals surface area (Å²) in [5.74, 6) is 0.0868. The molecule has 1 aromatic heterocycles. The van der Waals surface area contributed by atoms with Crippen LogP contribution in [-0.2, 0) is 11.5 Å². The van der Waals surface area contributed by atoms with Crippen LogP contribution in [0, 0.1) is 0 Å². The van der Waals surface area contributed by atoms with Crippen LogP contribution >= 0.6 is 15.9 Å². The lowest BCUT2D eigenvalue weighted by atomic mass is 10.0. The molecule has 3 rings (SSSR count). The molecule has 0 spiro atoms. The molecule has 2 saturated heterocycles. The minimum absolute atomic E-state index is 0.0868. The van der Waals surface area contributed by atoms with Crippen molar-refractivity contribution in [3.8, 4) is 0 Å². The summed E-state index contributed by atoms with van der Waals surface area (Å²) in [6, 6.07) is 3.81. The predicted molar refractivity (Wildman–Crippen MR) is 101 cm³/mol. The lowest BCUT2D eigenvalue weighted by molar-refractivity contribution is 0.0578. The number of hydrogen-bond donors (Lipinski definition) is 0. The summed E-state index contributed by atoms with van der Waals surface area (Å²) in [6.07, 6.45) is 5.84. The van der Waals surface area contributed by atoms with E-state index in [-0.39, 0.29) is 5.91 Å². The number of amides is 1. The van der Waals surface area contributed by atoms with Gasteiger partial charge in [0.2, 0.25) is 0 Å². The molecule has 0 radical (unpaired) electrons. The van der Waals surface area contributed by atoms with Crippen LogP contribution in [-0.4, -0.2) is 47.4 Å². The van der Waals surface area contributed by atoms with Crippen LogP contribution in [0.1, 0.15) is 42.6 Å². The summed E-state index contributed by atoms with van der Waals surface area (Å²) in [5.41, 5.74) is 0.537. The summed E-state index contributed by atoms with van der Waals surface area (Å²) in [6.45, 7) is 8.16. The molecule has 0 unspecified atom stereocenters. The Morgan fingerprint density at radius 3 is 2.58 bits per heavy atom. The number of nitrogens with zero attached hydrogens (tertiary/aromatic N) is 3. The molecule has 1 aromatic rings. The first-order valence-corrected chi connectivity index (χ1v) is 13.5. The van der Waals surface area contributed by atoms with Gasteiger partial charge < -0.3 is 9.64 Å². The molecular weight excluding hydrogens is 386 g/mol. The van der Waals surface area contributed by atoms with Gasteiger partial charge in [-0.3, -0.25) is 4.79 Å². The number of carbonyl (C=O) groups is 1. The van der Waals surface area contributed by atoms with E-state index in [2.05, 4.69) is 45.6 Å². The third-order valence-electron chi connectivity index (χ3n) is 5.09. The van der Waals surface area contributed by atoms with Crippen molar-refractivity contribution in [3.05, 3.63) is 16.4 Å². The van der Waals surface area contributed by atoms with Gasteiger partial charge in [-0.15, -0.1) is 0 Å². The molecule has 2 fully saturated rings. The quantitative estimate of drug-likeness (QED) is 0.520. The Balaban J connectivity index is 1.60. The zero-order valence-electron chi connectivity index (χ0n) is 14.9. The van der Waals surface area contributed by atoms with Gasteiger partial charge in [0.05, 0.1) is 0 Å². The molecule has 0 aliphatic carbocycles. The second-order valence-electron chi connectivity index (χ2n) is 8.23. The molecule has 24 heavy (non-hydrogen) atoms. The fourth-order valence-electron chi connectivity index (χ4n) is 3.70. The molecule has 0 aromatic carbocycles. The van der Waals surface area contributed by atoms with Crippen LogP contribution < -0.4 is 0 Å². The fourth-order valence-corrected chi connectivity index (χ4v) is 4.85. The standard InChI is InChI=1S/C17H28BrN3O2Si/c1-24(2,3)10-9-23-12-20-16(18)11-15(19-20)17(22)21-13-5-4-6-14(21)8-7-13/h11,13-14H,4-10,12H2,1-3H3/t13-,14+. The number of carbonyl (C=O) groups excluding carboxylic acids is 1. The molecule has 0 saturated carbocycles. The van der Waals surface area contributed by atoms with Crippen molar-refractivity contribution >= 4 is 29.9 Å². The lowest BCUT2D eigenvalue weighted by Crippen LogP contribution is -2.44. The van der Waals surface area contributed by atoms with Crippen LogP contribution in [0.2, 0.25) is 25.7 Å². The molecule has 2 aliphatic heterocycles. The number of fused-ring (bicyclic) bond motifs is 2. The summed E-state index contributed by atoms with van der Waals surface area (Å²) in [7, 11) is -1.08. The maximum Gasteiger partial charge on any atom is 0.274 e. The van der Waals surface area contributed by atoms with Crippen molar-refractivity contribution in [3.63, 3.8) is 0 Å². The SMILES string of the molecule is C[Si](C)(C)CCOCn1nc(C(=O)N2[C@@H]3CCC[C@H]2CC3)cc1Br. The third kappa shape index (κ3) is 4.11. The highest BCUT2D eigenvalue weighted by Crippen LogP contribution is 2.36. The monoisotopic (exact) mass is 413 g/mol. The van der Waals surface area contributed by atoms with Crippen molar-refractivity contribution in [1.29, 1.82) is 0 Å². The average molecular weight is 414 g/mol. The van der Waals surface area contributed by atoms with Gasteiger partial charge in [-0.1, -0.05) is 19.6 Å². The van der Waals surface area contributed by atoms with Crippen molar-refractivity contribution in [1.82, 2.24) is 14.7 Å². The topological polar surface area (TPSA) is 47.4 Å². The fraction of sp³-hybridized carbons (Fsp3) is 0.765. The van der Waals surface area contributed by atoms with Crippen LogP contribution in [0.3, 0.4) is 0 Å². The summed E-state index contributed by atoms with van der Waals surface area (Å²) >= 11 is 3.51. The first-order valence-electron chi connectivity index (χ1n) is 8.99. The van der Waals surface area contributed by atoms with Gasteiger partial charge in [-0.2, -0.15) is 5.10 Å². The summed E-state index contributed by atoms with van der Waals surface area (Å²) in [4.78, 5) is 15.0. The van der Waals surface area contributed by atoms with Crippen LogP contribution in [0.4, 0.5) is 0 Å². The van der Waals surface area contributed by atoms with Gasteiger partial charge in [-0.05, 0) is 54.1 Å². The number of hydrogen-bond acceptors (Lipinski definition) is 3. The number of rotatable bonds is 6. The largest absolute Gasteiger partial charge is 0.359 e. The maximum absolute atomic E-state index is 12.9. The molecule has 2 atom stereocenters. The molecule has 2 bridgehead atoms. The number of piperidine rings is 1. The van der Waals surface area contributed by atoms with E-state index in [1.165, 1.54) is 6.42 Å². The Morgan fingerprint density at radius 1 is 1.29 bits per heavy atom. The molecule has 1 amide bonds. The molecule has 3 heterocycles. The van der Waals surface area contributed by atoms with Gasteiger partial charge in [0.1, 0.15) is 11.3 Å². The maximum atomic E-state index is 12.9. The van der Waals surface area contributed by atoms with E-state index in [1.807, 2.05) is 6.07 Å². The normalized spacial score (nSPS) is 23.8. The third-order valence-corrected chi connectivity index (χ3v) is 7.43. The van der Waals surface area contributed by atoms with E-state index in [1.54, 1.807) is 4.68 Å². The Kier molecular flexibility index (Phi) is 5.51. The van der Waals surface area contributed by atoms with Crippen LogP contribution in [0.25, 0.3) is 0 Å². The minimum atomic E-state index is -1.08. The number of aromatic nitrogens is 2. The predicted octanol–water partition coefficient (Wildman–Crippen LogP) is 4.12. The van der Waals surface area contributed by atoms with E-state index in [0.29, 0.717) is 24.5 Å². The molecule has 2 aliphatic rings. The summed E-state index contributed by atoms with van der Waals surface area (Å²) in [5, 5.41) is 4.48. The lowest BCUT2D eigenvalue weighted by Gasteiger charge is -2.34. The zero-order valence-corrected chi connectivity index (χ0v) is 17.5. The van der Waals surface area contributed by atoms with Gasteiger partial charge >= 0.3 is 0 Å². The molecule has 7 heteroatoms. The highest BCUT2D eigenvalue weighted by Gasteiger charge is 2.40. The Labute approximate surface area is 153 Å². The molecule has 0 N–H and O–H groups in total. The van der Waals surface area contributed by atoms with Gasteiger partial charge in [-0.25, -0.2) is 4.68 Å². The Morgan fingerprint density at radius 2 is 1.96 bits per heavy atom. The summed E-state index contributed by atoms with van der Waals surface area (Å²) < 4.78 is 8.30. The highest BCUT2D eigenvalue weighted by atomic mass is 79.9. The minimum Gasteiger partial charge on any atom is -0.359 e. The Hall–Kier alpha value is -0.663. The van der Waals surface area contributed by atoms with E-state index >= 15 is 0 Å². The average Bonchev–Trinajstić information content (AvgIpc) is 2.99. The molecule has 134 valence electrons. The van der Waals surface area contributed by atoms with Gasteiger partial charge in [0, 0.05) is 32.8 Å². The Bertz CT molecular complexity index is 583. The number of halogens is 1. The number of ether oxygens (including phenoxy) is 1. The van der Waals surface area contributed by atoms with E-state index in [9.17, 15) is 4.79 Å². The van der Waals surface area contributed by atoms with Crippen LogP contribution in [0.5, 0.6) is 0 Å². The van der Waals surface area contributed by atoms with Crippen molar-refractivity contribution in [2.75, 3.05) is 6.61 Å². The van der Waals surface area contributed by atoms with Crippen molar-refractivity contribution in [2.45, 2.75) is 76.6 Å². The second kappa shape index (κ2) is 7.29. The smallest absolute Gasteiger partial charge is 0.274 e. The second-order valence-corrected chi connectivity index (χ2v) is 14.7. The zero-order chi connectivity index (χ0) is 17.3. The van der Waals surface area contributed by atoms with Gasteiger partial charge in [0.15, 0.2) is 5.69 Å². The molecule has 5 nitrogen and oxygen atoms in total. The highest BCUT2D eigenvalue weighted by molar-refractivity contribution is 9.10. The van der Waals surface area contributed by atoms with Crippen molar-refractivity contribution < 1.29 is 9.53 Å². The first-order chi connectivity index (χ1) is 11.3. The van der Waals surface area contributed by atoms with E-state index in [4.69, 9.17) is 4.74 Å². The van der Waals surface area contributed by atoms with E-state index in [0.717, 1.165) is 42.9 Å². The van der Waals surface area contributed by atoms with E-state index < -0.39 is 8.07 Å². The molecular formula is C17H28BrN3O2Si. The van der Waals surface area contributed by atoms with Crippen molar-refractivity contribution in [2.24, 2.45) is 0 Å². The van der Waals surface area contributed by atoms with Crippen LogP contribution in [0.15, 0.2) is 10.7 Å². The first kappa shape index (κ1) is 18.1.